The summed E-state index contributed by atoms with van der Waals surface area (Å²) in [4.78, 5) is 29.0. The fourth-order valence-electron chi connectivity index (χ4n) is 3.54. The molecule has 0 bridgehead atoms. The highest BCUT2D eigenvalue weighted by atomic mass is 19.4. The van der Waals surface area contributed by atoms with Crippen LogP contribution in [0.5, 0.6) is 0 Å². The van der Waals surface area contributed by atoms with Crippen LogP contribution in [0.15, 0.2) is 4.52 Å². The molecule has 1 amide bonds. The number of aromatic nitrogens is 2. The summed E-state index contributed by atoms with van der Waals surface area (Å²) < 4.78 is 46.9. The Morgan fingerprint density at radius 3 is 2.64 bits per heavy atom. The first-order valence-corrected chi connectivity index (χ1v) is 8.08. The third-order valence-corrected chi connectivity index (χ3v) is 4.83. The fourth-order valence-corrected chi connectivity index (χ4v) is 3.54. The van der Waals surface area contributed by atoms with E-state index >= 15 is 0 Å². The van der Waals surface area contributed by atoms with Crippen LogP contribution < -0.4 is 0 Å². The molecule has 0 N–H and O–H groups in total. The molecule has 10 heteroatoms. The van der Waals surface area contributed by atoms with Crippen LogP contribution >= 0.6 is 0 Å². The number of carbonyl (C=O) groups is 2. The Hall–Kier alpha value is -2.13. The lowest BCUT2D eigenvalue weighted by molar-refractivity contribution is -0.159. The number of hydrogen-bond donors (Lipinski definition) is 0. The standard InChI is InChI=1S/C15H18F3N3O4/c1-21(7-4-10-19-13(25-20-10)15(16,17)18)12(23)9-8-11(22)24-14(9)5-2-3-6-14/h9H,2-8H2,1H3. The highest BCUT2D eigenvalue weighted by Crippen LogP contribution is 2.46. The average Bonchev–Trinajstić information content (AvgIpc) is 3.24. The minimum Gasteiger partial charge on any atom is -0.458 e. The molecule has 2 fully saturated rings. The second-order valence-corrected chi connectivity index (χ2v) is 6.53. The van der Waals surface area contributed by atoms with Gasteiger partial charge in [0.05, 0.1) is 12.3 Å². The van der Waals surface area contributed by atoms with E-state index < -0.39 is 23.6 Å². The van der Waals surface area contributed by atoms with Crippen LogP contribution in [0.2, 0.25) is 0 Å². The summed E-state index contributed by atoms with van der Waals surface area (Å²) in [5.41, 5.74) is -0.710. The summed E-state index contributed by atoms with van der Waals surface area (Å²) in [6, 6.07) is 0. The molecule has 25 heavy (non-hydrogen) atoms. The third-order valence-electron chi connectivity index (χ3n) is 4.83. The Kier molecular flexibility index (Phi) is 4.46. The number of nitrogens with zero attached hydrogens (tertiary/aromatic N) is 3. The molecular formula is C15H18F3N3O4. The zero-order valence-corrected chi connectivity index (χ0v) is 13.6. The van der Waals surface area contributed by atoms with Crippen molar-refractivity contribution in [3.05, 3.63) is 11.7 Å². The van der Waals surface area contributed by atoms with Gasteiger partial charge in [0.2, 0.25) is 5.91 Å². The van der Waals surface area contributed by atoms with Gasteiger partial charge >= 0.3 is 18.0 Å². The van der Waals surface area contributed by atoms with Gasteiger partial charge in [0.1, 0.15) is 5.60 Å². The molecule has 2 aliphatic rings. The lowest BCUT2D eigenvalue weighted by Gasteiger charge is -2.30. The molecule has 1 atom stereocenters. The number of amides is 1. The third kappa shape index (κ3) is 3.47. The van der Waals surface area contributed by atoms with E-state index in [1.54, 1.807) is 7.05 Å². The van der Waals surface area contributed by atoms with E-state index in [1.807, 2.05) is 0 Å². The minimum atomic E-state index is -4.69. The van der Waals surface area contributed by atoms with Gasteiger partial charge in [-0.25, -0.2) is 0 Å². The van der Waals surface area contributed by atoms with Crippen molar-refractivity contribution >= 4 is 11.9 Å². The molecule has 1 saturated heterocycles. The summed E-state index contributed by atoms with van der Waals surface area (Å²) in [6.45, 7) is 0.121. The van der Waals surface area contributed by atoms with Crippen LogP contribution in [0.25, 0.3) is 0 Å². The molecule has 1 aliphatic carbocycles. The molecule has 0 aromatic carbocycles. The lowest BCUT2D eigenvalue weighted by Crippen LogP contribution is -2.44. The maximum atomic E-state index is 12.7. The van der Waals surface area contributed by atoms with Gasteiger partial charge < -0.3 is 14.2 Å². The maximum absolute atomic E-state index is 12.7. The van der Waals surface area contributed by atoms with Crippen LogP contribution in [-0.2, 0) is 26.9 Å². The molecule has 2 heterocycles. The number of ether oxygens (including phenoxy) is 1. The van der Waals surface area contributed by atoms with Gasteiger partial charge in [-0.2, -0.15) is 18.2 Å². The number of rotatable bonds is 4. The summed E-state index contributed by atoms with van der Waals surface area (Å²) in [5, 5.41) is 3.27. The first-order chi connectivity index (χ1) is 11.7. The predicted molar refractivity (Wildman–Crippen MR) is 76.0 cm³/mol. The Balaban J connectivity index is 1.61. The SMILES string of the molecule is CN(CCc1noc(C(F)(F)F)n1)C(=O)C1CC(=O)OC12CCCC2. The Labute approximate surface area is 141 Å². The number of likely N-dealkylation sites (N-methyl/N-ethyl adjacent to an activating group) is 1. The largest absolute Gasteiger partial charge is 0.471 e. The van der Waals surface area contributed by atoms with Crippen molar-refractivity contribution < 1.29 is 32.0 Å². The van der Waals surface area contributed by atoms with Crippen LogP contribution in [0, 0.1) is 5.92 Å². The first-order valence-electron chi connectivity index (χ1n) is 8.08. The molecule has 7 nitrogen and oxygen atoms in total. The fraction of sp³-hybridized carbons (Fsp3) is 0.733. The van der Waals surface area contributed by atoms with Gasteiger partial charge in [-0.1, -0.05) is 5.16 Å². The van der Waals surface area contributed by atoms with Gasteiger partial charge in [-0.15, -0.1) is 0 Å². The van der Waals surface area contributed by atoms with Crippen LogP contribution in [0.4, 0.5) is 13.2 Å². The Morgan fingerprint density at radius 2 is 2.04 bits per heavy atom. The topological polar surface area (TPSA) is 85.5 Å². The van der Waals surface area contributed by atoms with Gasteiger partial charge in [0.15, 0.2) is 5.82 Å². The normalized spacial score (nSPS) is 22.4. The Morgan fingerprint density at radius 1 is 1.36 bits per heavy atom. The molecule has 1 aromatic heterocycles. The van der Waals surface area contributed by atoms with Gasteiger partial charge in [-0.3, -0.25) is 9.59 Å². The highest BCUT2D eigenvalue weighted by Gasteiger charge is 2.54. The van der Waals surface area contributed by atoms with Crippen LogP contribution in [0.3, 0.4) is 0 Å². The smallest absolute Gasteiger partial charge is 0.458 e. The summed E-state index contributed by atoms with van der Waals surface area (Å²) >= 11 is 0. The van der Waals surface area contributed by atoms with E-state index in [0.29, 0.717) is 12.8 Å². The molecule has 3 rings (SSSR count). The lowest BCUT2D eigenvalue weighted by atomic mass is 9.84. The zero-order valence-electron chi connectivity index (χ0n) is 13.6. The highest BCUT2D eigenvalue weighted by molar-refractivity contribution is 5.87. The van der Waals surface area contributed by atoms with E-state index in [1.165, 1.54) is 4.90 Å². The molecule has 1 aliphatic heterocycles. The van der Waals surface area contributed by atoms with Crippen LogP contribution in [0.1, 0.15) is 43.8 Å². The maximum Gasteiger partial charge on any atom is 0.471 e. The van der Waals surface area contributed by atoms with E-state index in [-0.39, 0.29) is 37.1 Å². The summed E-state index contributed by atoms with van der Waals surface area (Å²) in [7, 11) is 1.54. The van der Waals surface area contributed by atoms with Crippen molar-refractivity contribution in [2.24, 2.45) is 5.92 Å². The number of halogens is 3. The van der Waals surface area contributed by atoms with Crippen molar-refractivity contribution in [2.45, 2.75) is 50.3 Å². The Bertz CT molecular complexity index is 667. The zero-order chi connectivity index (χ0) is 18.2. The van der Waals surface area contributed by atoms with Crippen molar-refractivity contribution in [2.75, 3.05) is 13.6 Å². The molecule has 138 valence electrons. The average molecular weight is 361 g/mol. The number of alkyl halides is 3. The van der Waals surface area contributed by atoms with E-state index in [2.05, 4.69) is 14.7 Å². The van der Waals surface area contributed by atoms with Gasteiger partial charge in [0.25, 0.3) is 0 Å². The van der Waals surface area contributed by atoms with E-state index in [0.717, 1.165) is 12.8 Å². The molecule has 1 spiro atoms. The molecule has 1 saturated carbocycles. The van der Waals surface area contributed by atoms with Crippen molar-refractivity contribution in [3.8, 4) is 0 Å². The number of carbonyl (C=O) groups excluding carboxylic acids is 2. The number of esters is 1. The second kappa shape index (κ2) is 6.30. The molecule has 0 radical (unpaired) electrons. The van der Waals surface area contributed by atoms with E-state index in [9.17, 15) is 22.8 Å². The number of hydrogen-bond acceptors (Lipinski definition) is 6. The minimum absolute atomic E-state index is 0.0242. The second-order valence-electron chi connectivity index (χ2n) is 6.53. The quantitative estimate of drug-likeness (QED) is 0.762. The van der Waals surface area contributed by atoms with Crippen LogP contribution in [-0.4, -0.2) is 46.1 Å². The van der Waals surface area contributed by atoms with E-state index in [4.69, 9.17) is 4.74 Å². The van der Waals surface area contributed by atoms with Crippen molar-refractivity contribution in [3.63, 3.8) is 0 Å². The van der Waals surface area contributed by atoms with Crippen molar-refractivity contribution in [1.82, 2.24) is 15.0 Å². The van der Waals surface area contributed by atoms with Gasteiger partial charge in [-0.05, 0) is 25.7 Å². The monoisotopic (exact) mass is 361 g/mol. The molecular weight excluding hydrogens is 343 g/mol. The van der Waals surface area contributed by atoms with Crippen molar-refractivity contribution in [1.29, 1.82) is 0 Å². The molecule has 1 unspecified atom stereocenters. The van der Waals surface area contributed by atoms with Gasteiger partial charge in [0, 0.05) is 20.0 Å². The molecule has 1 aromatic rings. The first kappa shape index (κ1) is 17.7. The predicted octanol–water partition coefficient (Wildman–Crippen LogP) is 1.97. The summed E-state index contributed by atoms with van der Waals surface area (Å²) in [5.74, 6) is -2.69. The summed E-state index contributed by atoms with van der Waals surface area (Å²) in [6.07, 6.45) is -1.47.